The van der Waals surface area contributed by atoms with Crippen molar-refractivity contribution in [2.24, 2.45) is 0 Å². The maximum atomic E-state index is 13.2. The van der Waals surface area contributed by atoms with Gasteiger partial charge in [0.05, 0.1) is 12.0 Å². The molecule has 4 nitrogen and oxygen atoms in total. The van der Waals surface area contributed by atoms with E-state index in [4.69, 9.17) is 0 Å². The number of hydrogen-bond donors (Lipinski definition) is 1. The van der Waals surface area contributed by atoms with E-state index in [1.54, 1.807) is 12.1 Å². The highest BCUT2D eigenvalue weighted by atomic mass is 19.1. The lowest BCUT2D eigenvalue weighted by Crippen LogP contribution is -2.24. The quantitative estimate of drug-likeness (QED) is 0.502. The van der Waals surface area contributed by atoms with Crippen LogP contribution in [0.25, 0.3) is 16.8 Å². The van der Waals surface area contributed by atoms with Crippen molar-refractivity contribution in [3.8, 4) is 11.1 Å². The van der Waals surface area contributed by atoms with Crippen LogP contribution in [0.1, 0.15) is 44.6 Å². The maximum absolute atomic E-state index is 13.2. The number of halogens is 1. The third-order valence-corrected chi connectivity index (χ3v) is 5.90. The highest BCUT2D eigenvalue weighted by Crippen LogP contribution is 2.34. The van der Waals surface area contributed by atoms with E-state index in [9.17, 15) is 9.50 Å². The molecule has 154 valence electrons. The molecule has 0 unspecified atom stereocenters. The number of hydrogen-bond acceptors (Lipinski definition) is 3. The van der Waals surface area contributed by atoms with Crippen molar-refractivity contribution in [2.75, 3.05) is 6.61 Å². The summed E-state index contributed by atoms with van der Waals surface area (Å²) in [6, 6.07) is 18.7. The first-order chi connectivity index (χ1) is 14.2. The summed E-state index contributed by atoms with van der Waals surface area (Å²) in [6.45, 7) is 8.27. The van der Waals surface area contributed by atoms with Gasteiger partial charge in [0.15, 0.2) is 5.65 Å². The predicted octanol–water partition coefficient (Wildman–Crippen LogP) is 5.13. The SMILES string of the molecule is CC(C)(CO)c1cccn2c(C(C)(C)c3ccc(-c4ccc(F)cc4)cc3)nnc12. The topological polar surface area (TPSA) is 50.4 Å². The summed E-state index contributed by atoms with van der Waals surface area (Å²) < 4.78 is 15.2. The van der Waals surface area contributed by atoms with Crippen molar-refractivity contribution < 1.29 is 9.50 Å². The number of fused-ring (bicyclic) bond motifs is 1. The van der Waals surface area contributed by atoms with Crippen molar-refractivity contribution in [1.82, 2.24) is 14.6 Å². The Morgan fingerprint density at radius 2 is 1.47 bits per heavy atom. The van der Waals surface area contributed by atoms with Crippen LogP contribution < -0.4 is 0 Å². The normalized spacial score (nSPS) is 12.5. The highest BCUT2D eigenvalue weighted by molar-refractivity contribution is 5.64. The molecule has 30 heavy (non-hydrogen) atoms. The number of aliphatic hydroxyl groups excluding tert-OH is 1. The van der Waals surface area contributed by atoms with Crippen molar-refractivity contribution in [2.45, 2.75) is 38.5 Å². The fourth-order valence-corrected chi connectivity index (χ4v) is 3.81. The van der Waals surface area contributed by atoms with Crippen LogP contribution in [0.3, 0.4) is 0 Å². The van der Waals surface area contributed by atoms with Gasteiger partial charge in [-0.05, 0) is 48.7 Å². The van der Waals surface area contributed by atoms with Crippen molar-refractivity contribution in [1.29, 1.82) is 0 Å². The van der Waals surface area contributed by atoms with E-state index in [2.05, 4.69) is 36.2 Å². The number of aliphatic hydroxyl groups is 1. The third-order valence-electron chi connectivity index (χ3n) is 5.90. The number of benzene rings is 2. The lowest BCUT2D eigenvalue weighted by molar-refractivity contribution is 0.219. The van der Waals surface area contributed by atoms with Gasteiger partial charge >= 0.3 is 0 Å². The Kier molecular flexibility index (Phi) is 4.94. The van der Waals surface area contributed by atoms with Crippen LogP contribution >= 0.6 is 0 Å². The second kappa shape index (κ2) is 7.33. The van der Waals surface area contributed by atoms with Gasteiger partial charge in [-0.15, -0.1) is 10.2 Å². The molecule has 0 bridgehead atoms. The van der Waals surface area contributed by atoms with Crippen LogP contribution in [0.4, 0.5) is 4.39 Å². The maximum Gasteiger partial charge on any atom is 0.164 e. The molecule has 0 amide bonds. The minimum absolute atomic E-state index is 0.0309. The Balaban J connectivity index is 1.74. The molecule has 0 saturated heterocycles. The molecule has 0 atom stereocenters. The van der Waals surface area contributed by atoms with Gasteiger partial charge in [-0.25, -0.2) is 4.39 Å². The van der Waals surface area contributed by atoms with Crippen LogP contribution in [0.15, 0.2) is 66.9 Å². The Labute approximate surface area is 176 Å². The smallest absolute Gasteiger partial charge is 0.164 e. The molecule has 2 aromatic heterocycles. The van der Waals surface area contributed by atoms with Crippen molar-refractivity contribution >= 4 is 5.65 Å². The fraction of sp³-hybridized carbons (Fsp3) is 0.280. The molecule has 2 heterocycles. The molecule has 1 N–H and O–H groups in total. The van der Waals surface area contributed by atoms with E-state index in [0.29, 0.717) is 0 Å². The predicted molar refractivity (Wildman–Crippen MR) is 117 cm³/mol. The largest absolute Gasteiger partial charge is 0.395 e. The summed E-state index contributed by atoms with van der Waals surface area (Å²) in [7, 11) is 0. The fourth-order valence-electron chi connectivity index (χ4n) is 3.81. The third kappa shape index (κ3) is 3.39. The van der Waals surface area contributed by atoms with Crippen LogP contribution in [-0.4, -0.2) is 26.3 Å². The van der Waals surface area contributed by atoms with Crippen molar-refractivity contribution in [3.05, 3.63) is 89.6 Å². The van der Waals surface area contributed by atoms with E-state index in [0.717, 1.165) is 33.7 Å². The molecule has 0 radical (unpaired) electrons. The number of rotatable bonds is 5. The van der Waals surface area contributed by atoms with Crippen LogP contribution in [-0.2, 0) is 10.8 Å². The second-order valence-electron chi connectivity index (χ2n) is 8.89. The molecule has 0 spiro atoms. The molecular formula is C25H26FN3O. The number of pyridine rings is 1. The summed E-state index contributed by atoms with van der Waals surface area (Å²) in [5, 5.41) is 18.8. The summed E-state index contributed by atoms with van der Waals surface area (Å²) in [5.41, 5.74) is 4.05. The molecule has 0 aliphatic rings. The van der Waals surface area contributed by atoms with E-state index < -0.39 is 5.41 Å². The molecule has 2 aromatic carbocycles. The lowest BCUT2D eigenvalue weighted by Gasteiger charge is -2.25. The average molecular weight is 404 g/mol. The first-order valence-electron chi connectivity index (χ1n) is 10.1. The summed E-state index contributed by atoms with van der Waals surface area (Å²) in [4.78, 5) is 0. The Morgan fingerprint density at radius 3 is 2.07 bits per heavy atom. The molecule has 0 saturated carbocycles. The highest BCUT2D eigenvalue weighted by Gasteiger charge is 2.31. The van der Waals surface area contributed by atoms with Gasteiger partial charge in [0.1, 0.15) is 11.6 Å². The molecule has 5 heteroatoms. The zero-order chi connectivity index (χ0) is 21.5. The zero-order valence-corrected chi connectivity index (χ0v) is 17.7. The summed E-state index contributed by atoms with van der Waals surface area (Å²) >= 11 is 0. The van der Waals surface area contributed by atoms with Crippen LogP contribution in [0.5, 0.6) is 0 Å². The molecule has 4 rings (SSSR count). The van der Waals surface area contributed by atoms with E-state index in [-0.39, 0.29) is 17.8 Å². The van der Waals surface area contributed by atoms with Crippen LogP contribution in [0, 0.1) is 5.82 Å². The van der Waals surface area contributed by atoms with Crippen molar-refractivity contribution in [3.63, 3.8) is 0 Å². The molecule has 0 aliphatic heterocycles. The summed E-state index contributed by atoms with van der Waals surface area (Å²) in [6.07, 6.45) is 1.97. The van der Waals surface area contributed by atoms with Gasteiger partial charge in [0.25, 0.3) is 0 Å². The Morgan fingerprint density at radius 1 is 0.867 bits per heavy atom. The van der Waals surface area contributed by atoms with Gasteiger partial charge in [0, 0.05) is 17.2 Å². The summed E-state index contributed by atoms with van der Waals surface area (Å²) in [5.74, 6) is 0.599. The lowest BCUT2D eigenvalue weighted by atomic mass is 9.82. The van der Waals surface area contributed by atoms with Gasteiger partial charge in [-0.2, -0.15) is 0 Å². The zero-order valence-electron chi connectivity index (χ0n) is 17.7. The standard InChI is InChI=1S/C25H26FN3O/c1-24(2,16-30)21-6-5-15-29-22(21)27-28-23(29)25(3,4)19-11-7-17(8-12-19)18-9-13-20(26)14-10-18/h5-15,30H,16H2,1-4H3. The van der Waals surface area contributed by atoms with E-state index >= 15 is 0 Å². The number of aromatic nitrogens is 3. The Hall–Kier alpha value is -3.05. The minimum atomic E-state index is -0.409. The first-order valence-corrected chi connectivity index (χ1v) is 10.1. The minimum Gasteiger partial charge on any atom is -0.395 e. The van der Waals surface area contributed by atoms with E-state index in [1.165, 1.54) is 12.1 Å². The Bertz CT molecular complexity index is 1180. The second-order valence-corrected chi connectivity index (χ2v) is 8.89. The average Bonchev–Trinajstić information content (AvgIpc) is 3.19. The van der Waals surface area contributed by atoms with Gasteiger partial charge in [-0.1, -0.05) is 56.3 Å². The molecular weight excluding hydrogens is 377 g/mol. The van der Waals surface area contributed by atoms with Gasteiger partial charge in [-0.3, -0.25) is 4.40 Å². The van der Waals surface area contributed by atoms with Gasteiger partial charge in [0.2, 0.25) is 0 Å². The molecule has 0 aliphatic carbocycles. The first kappa shape index (κ1) is 20.2. The van der Waals surface area contributed by atoms with Gasteiger partial charge < -0.3 is 5.11 Å². The van der Waals surface area contributed by atoms with Crippen LogP contribution in [0.2, 0.25) is 0 Å². The molecule has 4 aromatic rings. The molecule has 0 fully saturated rings. The monoisotopic (exact) mass is 403 g/mol. The van der Waals surface area contributed by atoms with E-state index in [1.807, 2.05) is 48.7 Å². The number of nitrogens with zero attached hydrogens (tertiary/aromatic N) is 3.